The standard InChI is InChI=1S/C15H14BrClN2O2/c1-9-7-11(17)3-5-13(9)21-14-6-4-12(8-18-14)19-15(20)10(2)16/h3-8,10H,1-2H3,(H,19,20)/t10-/m0/s1. The number of nitrogens with zero attached hydrogens (tertiary/aromatic N) is 1. The number of aromatic nitrogens is 1. The van der Waals surface area contributed by atoms with Crippen LogP contribution in [0.1, 0.15) is 12.5 Å². The molecule has 2 aromatic rings. The molecule has 0 aliphatic carbocycles. The summed E-state index contributed by atoms with van der Waals surface area (Å²) in [6, 6.07) is 8.81. The van der Waals surface area contributed by atoms with Crippen LogP contribution in [-0.2, 0) is 4.79 Å². The van der Waals surface area contributed by atoms with E-state index in [2.05, 4.69) is 26.2 Å². The van der Waals surface area contributed by atoms with Crippen LogP contribution >= 0.6 is 27.5 Å². The molecule has 0 aliphatic heterocycles. The molecule has 1 aromatic heterocycles. The summed E-state index contributed by atoms with van der Waals surface area (Å²) in [5, 5.41) is 3.39. The average molecular weight is 370 g/mol. The molecule has 1 aromatic carbocycles. The molecule has 110 valence electrons. The molecule has 1 heterocycles. The van der Waals surface area contributed by atoms with Gasteiger partial charge in [0.1, 0.15) is 5.75 Å². The summed E-state index contributed by atoms with van der Waals surface area (Å²) in [6.07, 6.45) is 1.55. The Kier molecular flexibility index (Phi) is 5.20. The van der Waals surface area contributed by atoms with Gasteiger partial charge in [-0.2, -0.15) is 0 Å². The minimum Gasteiger partial charge on any atom is -0.439 e. The van der Waals surface area contributed by atoms with Crippen molar-refractivity contribution < 1.29 is 9.53 Å². The number of anilines is 1. The molecule has 1 atom stereocenters. The SMILES string of the molecule is Cc1cc(Cl)ccc1Oc1ccc(NC(=O)[C@H](C)Br)cn1. The molecule has 2 rings (SSSR count). The largest absolute Gasteiger partial charge is 0.439 e. The molecular formula is C15H14BrClN2O2. The number of ether oxygens (including phenoxy) is 1. The first kappa shape index (κ1) is 15.8. The van der Waals surface area contributed by atoms with E-state index in [0.717, 1.165) is 5.56 Å². The van der Waals surface area contributed by atoms with Gasteiger partial charge in [0.2, 0.25) is 11.8 Å². The number of carbonyl (C=O) groups is 1. The van der Waals surface area contributed by atoms with Crippen molar-refractivity contribution in [2.24, 2.45) is 0 Å². The molecule has 0 saturated heterocycles. The Labute approximate surface area is 136 Å². The zero-order valence-corrected chi connectivity index (χ0v) is 13.9. The van der Waals surface area contributed by atoms with Crippen LogP contribution in [0.2, 0.25) is 5.02 Å². The lowest BCUT2D eigenvalue weighted by atomic mass is 10.2. The van der Waals surface area contributed by atoms with E-state index >= 15 is 0 Å². The Morgan fingerprint density at radius 1 is 1.38 bits per heavy atom. The van der Waals surface area contributed by atoms with Crippen LogP contribution in [0.5, 0.6) is 11.6 Å². The van der Waals surface area contributed by atoms with Gasteiger partial charge in [-0.1, -0.05) is 27.5 Å². The minimum atomic E-state index is -0.259. The lowest BCUT2D eigenvalue weighted by Gasteiger charge is -2.09. The fourth-order valence-electron chi connectivity index (χ4n) is 1.60. The van der Waals surface area contributed by atoms with Crippen LogP contribution in [0.15, 0.2) is 36.5 Å². The lowest BCUT2D eigenvalue weighted by Crippen LogP contribution is -2.19. The van der Waals surface area contributed by atoms with Crippen molar-refractivity contribution in [3.63, 3.8) is 0 Å². The van der Waals surface area contributed by atoms with Gasteiger partial charge in [-0.3, -0.25) is 4.79 Å². The predicted octanol–water partition coefficient (Wildman–Crippen LogP) is 4.56. The molecule has 1 amide bonds. The monoisotopic (exact) mass is 368 g/mol. The van der Waals surface area contributed by atoms with Crippen molar-refractivity contribution >= 4 is 39.1 Å². The highest BCUT2D eigenvalue weighted by atomic mass is 79.9. The number of nitrogens with one attached hydrogen (secondary N) is 1. The van der Waals surface area contributed by atoms with Crippen molar-refractivity contribution in [1.82, 2.24) is 4.98 Å². The number of hydrogen-bond donors (Lipinski definition) is 1. The summed E-state index contributed by atoms with van der Waals surface area (Å²) >= 11 is 9.10. The summed E-state index contributed by atoms with van der Waals surface area (Å²) < 4.78 is 5.68. The van der Waals surface area contributed by atoms with E-state index < -0.39 is 0 Å². The topological polar surface area (TPSA) is 51.2 Å². The Hall–Kier alpha value is -1.59. The Bertz CT molecular complexity index is 645. The second-order valence-corrected chi connectivity index (χ2v) is 6.31. The van der Waals surface area contributed by atoms with E-state index in [9.17, 15) is 4.79 Å². The normalized spacial score (nSPS) is 11.8. The summed E-state index contributed by atoms with van der Waals surface area (Å²) in [4.78, 5) is 15.4. The van der Waals surface area contributed by atoms with Crippen molar-refractivity contribution in [1.29, 1.82) is 0 Å². The third kappa shape index (κ3) is 4.44. The third-order valence-electron chi connectivity index (χ3n) is 2.72. The van der Waals surface area contributed by atoms with Crippen LogP contribution in [0.3, 0.4) is 0 Å². The van der Waals surface area contributed by atoms with Crippen LogP contribution in [0.25, 0.3) is 0 Å². The van der Waals surface area contributed by atoms with Crippen LogP contribution < -0.4 is 10.1 Å². The molecule has 0 spiro atoms. The van der Waals surface area contributed by atoms with E-state index in [0.29, 0.717) is 22.3 Å². The first-order valence-corrected chi connectivity index (χ1v) is 7.60. The van der Waals surface area contributed by atoms with Crippen molar-refractivity contribution in [3.8, 4) is 11.6 Å². The van der Waals surface area contributed by atoms with Gasteiger partial charge in [-0.05, 0) is 43.7 Å². The smallest absolute Gasteiger partial charge is 0.237 e. The molecule has 0 aliphatic rings. The Balaban J connectivity index is 2.07. The molecule has 0 unspecified atom stereocenters. The number of carbonyl (C=O) groups excluding carboxylic acids is 1. The van der Waals surface area contributed by atoms with Crippen molar-refractivity contribution in [2.75, 3.05) is 5.32 Å². The van der Waals surface area contributed by atoms with E-state index in [1.54, 1.807) is 37.4 Å². The van der Waals surface area contributed by atoms with Gasteiger partial charge < -0.3 is 10.1 Å². The Morgan fingerprint density at radius 3 is 2.71 bits per heavy atom. The maximum absolute atomic E-state index is 11.5. The number of amides is 1. The predicted molar refractivity (Wildman–Crippen MR) is 87.5 cm³/mol. The fourth-order valence-corrected chi connectivity index (χ4v) is 1.94. The number of pyridine rings is 1. The quantitative estimate of drug-likeness (QED) is 0.804. The van der Waals surface area contributed by atoms with Crippen molar-refractivity contribution in [3.05, 3.63) is 47.1 Å². The maximum atomic E-state index is 11.5. The molecule has 0 bridgehead atoms. The number of benzene rings is 1. The summed E-state index contributed by atoms with van der Waals surface area (Å²) in [5.74, 6) is 1.02. The molecule has 21 heavy (non-hydrogen) atoms. The average Bonchev–Trinajstić information content (AvgIpc) is 2.43. The molecule has 0 radical (unpaired) electrons. The van der Waals surface area contributed by atoms with Gasteiger partial charge in [-0.25, -0.2) is 4.98 Å². The number of halogens is 2. The second-order valence-electron chi connectivity index (χ2n) is 4.50. The van der Waals surface area contributed by atoms with E-state index in [1.807, 2.05) is 13.0 Å². The van der Waals surface area contributed by atoms with Gasteiger partial charge in [0, 0.05) is 11.1 Å². The number of hydrogen-bond acceptors (Lipinski definition) is 3. The van der Waals surface area contributed by atoms with Gasteiger partial charge in [0.05, 0.1) is 16.7 Å². The van der Waals surface area contributed by atoms with E-state index in [4.69, 9.17) is 16.3 Å². The summed E-state index contributed by atoms with van der Waals surface area (Å²) in [5.41, 5.74) is 1.54. The highest BCUT2D eigenvalue weighted by molar-refractivity contribution is 9.10. The van der Waals surface area contributed by atoms with Gasteiger partial charge >= 0.3 is 0 Å². The number of alkyl halides is 1. The number of aryl methyl sites for hydroxylation is 1. The summed E-state index contributed by atoms with van der Waals surface area (Å²) in [6.45, 7) is 3.66. The zero-order valence-electron chi connectivity index (χ0n) is 11.6. The second kappa shape index (κ2) is 6.91. The molecule has 6 heteroatoms. The van der Waals surface area contributed by atoms with Gasteiger partial charge in [0.15, 0.2) is 0 Å². The number of rotatable bonds is 4. The molecule has 1 N–H and O–H groups in total. The molecule has 0 fully saturated rings. The van der Waals surface area contributed by atoms with E-state index in [1.165, 1.54) is 0 Å². The van der Waals surface area contributed by atoms with E-state index in [-0.39, 0.29) is 10.7 Å². The zero-order chi connectivity index (χ0) is 15.4. The lowest BCUT2D eigenvalue weighted by molar-refractivity contribution is -0.115. The first-order chi connectivity index (χ1) is 9.95. The Morgan fingerprint density at radius 2 is 2.14 bits per heavy atom. The minimum absolute atomic E-state index is 0.126. The van der Waals surface area contributed by atoms with Crippen molar-refractivity contribution in [2.45, 2.75) is 18.7 Å². The fraction of sp³-hybridized carbons (Fsp3) is 0.200. The molecule has 0 saturated carbocycles. The maximum Gasteiger partial charge on any atom is 0.237 e. The first-order valence-electron chi connectivity index (χ1n) is 6.30. The summed E-state index contributed by atoms with van der Waals surface area (Å²) in [7, 11) is 0. The highest BCUT2D eigenvalue weighted by Gasteiger charge is 2.09. The van der Waals surface area contributed by atoms with Gasteiger partial charge in [-0.15, -0.1) is 0 Å². The van der Waals surface area contributed by atoms with Crippen LogP contribution in [0.4, 0.5) is 5.69 Å². The molecular weight excluding hydrogens is 356 g/mol. The highest BCUT2D eigenvalue weighted by Crippen LogP contribution is 2.26. The van der Waals surface area contributed by atoms with Crippen LogP contribution in [-0.4, -0.2) is 15.7 Å². The van der Waals surface area contributed by atoms with Crippen LogP contribution in [0, 0.1) is 6.92 Å². The van der Waals surface area contributed by atoms with Gasteiger partial charge in [0.25, 0.3) is 0 Å². The molecule has 4 nitrogen and oxygen atoms in total. The third-order valence-corrected chi connectivity index (χ3v) is 3.37.